The van der Waals surface area contributed by atoms with E-state index in [9.17, 15) is 4.79 Å². The molecule has 4 aromatic rings. The predicted octanol–water partition coefficient (Wildman–Crippen LogP) is 4.12. The molecule has 0 saturated carbocycles. The van der Waals surface area contributed by atoms with E-state index in [1.807, 2.05) is 55.7 Å². The van der Waals surface area contributed by atoms with Crippen molar-refractivity contribution in [3.8, 4) is 22.7 Å². The van der Waals surface area contributed by atoms with Crippen LogP contribution >= 0.6 is 11.6 Å². The normalized spacial score (nSPS) is 11.0. The topological polar surface area (TPSA) is 48.5 Å². The van der Waals surface area contributed by atoms with Crippen LogP contribution in [0.1, 0.15) is 5.56 Å². The lowest BCUT2D eigenvalue weighted by molar-refractivity contribution is 0.415. The minimum Gasteiger partial charge on any atom is -0.497 e. The van der Waals surface area contributed by atoms with Gasteiger partial charge in [0, 0.05) is 29.2 Å². The van der Waals surface area contributed by atoms with Crippen LogP contribution in [0.5, 0.6) is 5.75 Å². The Morgan fingerprint density at radius 3 is 2.58 bits per heavy atom. The van der Waals surface area contributed by atoms with E-state index in [1.54, 1.807) is 28.3 Å². The van der Waals surface area contributed by atoms with E-state index in [0.717, 1.165) is 28.3 Å². The quantitative estimate of drug-likeness (QED) is 0.548. The minimum absolute atomic E-state index is 0.197. The Kier molecular flexibility index (Phi) is 4.01. The molecule has 0 bridgehead atoms. The average molecular weight is 366 g/mol. The predicted molar refractivity (Wildman–Crippen MR) is 103 cm³/mol. The number of ether oxygens (including phenoxy) is 1. The van der Waals surface area contributed by atoms with Gasteiger partial charge in [-0.05, 0) is 48.9 Å². The van der Waals surface area contributed by atoms with Gasteiger partial charge in [-0.1, -0.05) is 17.7 Å². The fraction of sp³-hybridized carbons (Fsp3) is 0.100. The van der Waals surface area contributed by atoms with Gasteiger partial charge >= 0.3 is 0 Å². The smallest absolute Gasteiger partial charge is 0.298 e. The molecule has 0 aliphatic heterocycles. The van der Waals surface area contributed by atoms with E-state index in [-0.39, 0.29) is 5.56 Å². The minimum atomic E-state index is -0.197. The number of fused-ring (bicyclic) bond motifs is 1. The third-order valence-electron chi connectivity index (χ3n) is 4.40. The maximum Gasteiger partial charge on any atom is 0.298 e. The van der Waals surface area contributed by atoms with E-state index in [0.29, 0.717) is 10.7 Å². The summed E-state index contributed by atoms with van der Waals surface area (Å²) in [7, 11) is 1.63. The summed E-state index contributed by atoms with van der Waals surface area (Å²) in [5, 5.41) is 0.622. The van der Waals surface area contributed by atoms with Gasteiger partial charge in [0.2, 0.25) is 5.65 Å². The maximum absolute atomic E-state index is 13.0. The molecular weight excluding hydrogens is 350 g/mol. The summed E-state index contributed by atoms with van der Waals surface area (Å²) in [6, 6.07) is 13.1. The standard InChI is InChI=1S/C20H16ClN3O2/c1-13-16(21)4-3-5-18(13)24-11-10-23-12-17(22-19(23)20(24)25)14-6-8-15(26-2)9-7-14/h3-12H,1-2H3. The Hall–Kier alpha value is -3.05. The summed E-state index contributed by atoms with van der Waals surface area (Å²) in [5.41, 5.74) is 3.40. The lowest BCUT2D eigenvalue weighted by Gasteiger charge is -2.10. The molecule has 6 heteroatoms. The van der Waals surface area contributed by atoms with Crippen molar-refractivity contribution in [2.45, 2.75) is 6.92 Å². The number of nitrogens with zero attached hydrogens (tertiary/aromatic N) is 3. The van der Waals surface area contributed by atoms with E-state index in [2.05, 4.69) is 4.98 Å². The SMILES string of the molecule is COc1ccc(-c2cn3ccn(-c4cccc(Cl)c4C)c(=O)c3n2)cc1. The first-order chi connectivity index (χ1) is 12.6. The Balaban J connectivity index is 1.86. The number of methoxy groups -OCH3 is 1. The Bertz CT molecular complexity index is 1160. The molecule has 0 spiro atoms. The zero-order valence-corrected chi connectivity index (χ0v) is 15.1. The molecule has 2 aromatic carbocycles. The summed E-state index contributed by atoms with van der Waals surface area (Å²) in [5.74, 6) is 0.774. The summed E-state index contributed by atoms with van der Waals surface area (Å²) >= 11 is 6.20. The summed E-state index contributed by atoms with van der Waals surface area (Å²) in [6.45, 7) is 1.89. The molecule has 0 aliphatic carbocycles. The van der Waals surface area contributed by atoms with Crippen LogP contribution in [0.25, 0.3) is 22.6 Å². The van der Waals surface area contributed by atoms with Gasteiger partial charge in [0.25, 0.3) is 5.56 Å². The van der Waals surface area contributed by atoms with Gasteiger partial charge in [-0.3, -0.25) is 9.36 Å². The number of imidazole rings is 1. The second kappa shape index (κ2) is 6.35. The van der Waals surface area contributed by atoms with Crippen LogP contribution in [0.2, 0.25) is 5.02 Å². The maximum atomic E-state index is 13.0. The molecule has 26 heavy (non-hydrogen) atoms. The summed E-state index contributed by atoms with van der Waals surface area (Å²) < 4.78 is 8.48. The van der Waals surface area contributed by atoms with E-state index >= 15 is 0 Å². The molecular formula is C20H16ClN3O2. The first-order valence-electron chi connectivity index (χ1n) is 8.09. The third-order valence-corrected chi connectivity index (χ3v) is 4.81. The monoisotopic (exact) mass is 365 g/mol. The van der Waals surface area contributed by atoms with Gasteiger partial charge in [0.15, 0.2) is 0 Å². The highest BCUT2D eigenvalue weighted by Gasteiger charge is 2.12. The molecule has 0 unspecified atom stereocenters. The second-order valence-corrected chi connectivity index (χ2v) is 6.35. The van der Waals surface area contributed by atoms with Gasteiger partial charge in [0.05, 0.1) is 18.5 Å². The van der Waals surface area contributed by atoms with E-state index in [1.165, 1.54) is 0 Å². The zero-order chi connectivity index (χ0) is 18.3. The molecule has 0 aliphatic rings. The van der Waals surface area contributed by atoms with Crippen molar-refractivity contribution < 1.29 is 4.74 Å². The van der Waals surface area contributed by atoms with Crippen molar-refractivity contribution >= 4 is 17.2 Å². The summed E-state index contributed by atoms with van der Waals surface area (Å²) in [6.07, 6.45) is 5.39. The van der Waals surface area contributed by atoms with Crippen LogP contribution in [0.4, 0.5) is 0 Å². The molecule has 2 aromatic heterocycles. The van der Waals surface area contributed by atoms with Crippen LogP contribution in [0, 0.1) is 6.92 Å². The lowest BCUT2D eigenvalue weighted by Crippen LogP contribution is -2.20. The highest BCUT2D eigenvalue weighted by atomic mass is 35.5. The van der Waals surface area contributed by atoms with Gasteiger partial charge in [-0.15, -0.1) is 0 Å². The molecule has 0 amide bonds. The van der Waals surface area contributed by atoms with Gasteiger partial charge in [0.1, 0.15) is 5.75 Å². The van der Waals surface area contributed by atoms with Crippen LogP contribution in [-0.4, -0.2) is 21.1 Å². The third kappa shape index (κ3) is 2.66. The van der Waals surface area contributed by atoms with Gasteiger partial charge in [-0.2, -0.15) is 0 Å². The molecule has 0 saturated heterocycles. The van der Waals surface area contributed by atoms with Gasteiger partial charge < -0.3 is 9.14 Å². The summed E-state index contributed by atoms with van der Waals surface area (Å²) in [4.78, 5) is 17.5. The first-order valence-corrected chi connectivity index (χ1v) is 8.46. The zero-order valence-electron chi connectivity index (χ0n) is 14.3. The average Bonchev–Trinajstić information content (AvgIpc) is 3.10. The Morgan fingerprint density at radius 1 is 1.08 bits per heavy atom. The van der Waals surface area contributed by atoms with Crippen molar-refractivity contribution in [3.05, 3.63) is 82.0 Å². The van der Waals surface area contributed by atoms with Crippen molar-refractivity contribution in [1.82, 2.24) is 14.0 Å². The fourth-order valence-corrected chi connectivity index (χ4v) is 3.10. The molecule has 0 fully saturated rings. The molecule has 0 radical (unpaired) electrons. The number of hydrogen-bond acceptors (Lipinski definition) is 3. The van der Waals surface area contributed by atoms with Gasteiger partial charge in [-0.25, -0.2) is 4.98 Å². The molecule has 130 valence electrons. The number of hydrogen-bond donors (Lipinski definition) is 0. The number of rotatable bonds is 3. The van der Waals surface area contributed by atoms with Crippen molar-refractivity contribution in [3.63, 3.8) is 0 Å². The van der Waals surface area contributed by atoms with Crippen molar-refractivity contribution in [2.24, 2.45) is 0 Å². The fourth-order valence-electron chi connectivity index (χ4n) is 2.93. The number of halogens is 1. The molecule has 2 heterocycles. The van der Waals surface area contributed by atoms with Crippen molar-refractivity contribution in [1.29, 1.82) is 0 Å². The number of benzene rings is 2. The van der Waals surface area contributed by atoms with Crippen LogP contribution in [-0.2, 0) is 0 Å². The highest BCUT2D eigenvalue weighted by molar-refractivity contribution is 6.31. The molecule has 4 rings (SSSR count). The van der Waals surface area contributed by atoms with E-state index in [4.69, 9.17) is 16.3 Å². The molecule has 0 atom stereocenters. The Labute approximate surface area is 155 Å². The number of aromatic nitrogens is 3. The Morgan fingerprint density at radius 2 is 1.85 bits per heavy atom. The lowest BCUT2D eigenvalue weighted by atomic mass is 10.2. The van der Waals surface area contributed by atoms with Crippen LogP contribution < -0.4 is 10.3 Å². The second-order valence-electron chi connectivity index (χ2n) is 5.94. The van der Waals surface area contributed by atoms with Crippen LogP contribution in [0.15, 0.2) is 65.8 Å². The largest absolute Gasteiger partial charge is 0.497 e. The highest BCUT2D eigenvalue weighted by Crippen LogP contribution is 2.23. The van der Waals surface area contributed by atoms with Crippen LogP contribution in [0.3, 0.4) is 0 Å². The van der Waals surface area contributed by atoms with Crippen molar-refractivity contribution in [2.75, 3.05) is 7.11 Å². The molecule has 0 N–H and O–H groups in total. The first kappa shape index (κ1) is 16.4. The molecule has 5 nitrogen and oxygen atoms in total. The van der Waals surface area contributed by atoms with E-state index < -0.39 is 0 Å².